The van der Waals surface area contributed by atoms with E-state index >= 15 is 0 Å². The molecule has 22 heavy (non-hydrogen) atoms. The van der Waals surface area contributed by atoms with E-state index in [1.165, 1.54) is 16.7 Å². The summed E-state index contributed by atoms with van der Waals surface area (Å²) in [4.78, 5) is 11.9. The molecule has 2 aromatic rings. The molecule has 2 rings (SSSR count). The standard InChI is InChI=1S/C19H24N2O/c1-14-7-9-17(10-8-14)13-21-18(22)11-12-20-19-15(2)5-4-6-16(19)3/h4-10,20H,11-13H2,1-3H3,(H,21,22). The van der Waals surface area contributed by atoms with Crippen molar-refractivity contribution in [1.29, 1.82) is 0 Å². The highest BCUT2D eigenvalue weighted by molar-refractivity contribution is 5.76. The lowest BCUT2D eigenvalue weighted by molar-refractivity contribution is -0.121. The van der Waals surface area contributed by atoms with Gasteiger partial charge in [-0.15, -0.1) is 0 Å². The zero-order chi connectivity index (χ0) is 15.9. The van der Waals surface area contributed by atoms with E-state index in [4.69, 9.17) is 0 Å². The summed E-state index contributed by atoms with van der Waals surface area (Å²) in [6.07, 6.45) is 0.472. The number of rotatable bonds is 6. The molecule has 0 bridgehead atoms. The lowest BCUT2D eigenvalue weighted by Gasteiger charge is -2.12. The molecule has 2 aromatic carbocycles. The Balaban J connectivity index is 1.75. The minimum Gasteiger partial charge on any atom is -0.384 e. The highest BCUT2D eigenvalue weighted by atomic mass is 16.1. The predicted octanol–water partition coefficient (Wildman–Crippen LogP) is 3.73. The molecule has 0 radical (unpaired) electrons. The number of carbonyl (C=O) groups excluding carboxylic acids is 1. The Morgan fingerprint density at radius 1 is 0.955 bits per heavy atom. The fourth-order valence-electron chi connectivity index (χ4n) is 2.39. The van der Waals surface area contributed by atoms with Gasteiger partial charge in [-0.05, 0) is 37.5 Å². The van der Waals surface area contributed by atoms with E-state index in [1.807, 2.05) is 18.2 Å². The van der Waals surface area contributed by atoms with Gasteiger partial charge in [-0.3, -0.25) is 4.79 Å². The summed E-state index contributed by atoms with van der Waals surface area (Å²) >= 11 is 0. The normalized spacial score (nSPS) is 10.3. The number of nitrogens with one attached hydrogen (secondary N) is 2. The van der Waals surface area contributed by atoms with Crippen LogP contribution in [0.15, 0.2) is 42.5 Å². The molecule has 0 atom stereocenters. The van der Waals surface area contributed by atoms with E-state index in [9.17, 15) is 4.79 Å². The van der Waals surface area contributed by atoms with E-state index in [1.54, 1.807) is 0 Å². The lowest BCUT2D eigenvalue weighted by atomic mass is 10.1. The van der Waals surface area contributed by atoms with Gasteiger partial charge in [-0.2, -0.15) is 0 Å². The molecule has 2 N–H and O–H groups in total. The first-order valence-corrected chi connectivity index (χ1v) is 7.68. The van der Waals surface area contributed by atoms with E-state index in [0.29, 0.717) is 19.5 Å². The molecular formula is C19H24N2O. The molecule has 116 valence electrons. The van der Waals surface area contributed by atoms with Crippen LogP contribution in [-0.4, -0.2) is 12.5 Å². The highest BCUT2D eigenvalue weighted by Gasteiger charge is 2.04. The first-order chi connectivity index (χ1) is 10.6. The van der Waals surface area contributed by atoms with Gasteiger partial charge in [0.15, 0.2) is 0 Å². The van der Waals surface area contributed by atoms with Crippen molar-refractivity contribution in [2.75, 3.05) is 11.9 Å². The molecule has 0 aliphatic rings. The molecule has 0 aliphatic carbocycles. The summed E-state index contributed by atoms with van der Waals surface area (Å²) in [6, 6.07) is 14.4. The zero-order valence-electron chi connectivity index (χ0n) is 13.6. The van der Waals surface area contributed by atoms with Crippen LogP contribution in [-0.2, 0) is 11.3 Å². The molecule has 0 saturated heterocycles. The quantitative estimate of drug-likeness (QED) is 0.853. The molecule has 0 aliphatic heterocycles. The third-order valence-electron chi connectivity index (χ3n) is 3.75. The minimum absolute atomic E-state index is 0.0688. The number of anilines is 1. The number of para-hydroxylation sites is 1. The molecular weight excluding hydrogens is 272 g/mol. The largest absolute Gasteiger partial charge is 0.384 e. The fourth-order valence-corrected chi connectivity index (χ4v) is 2.39. The number of aryl methyl sites for hydroxylation is 3. The maximum absolute atomic E-state index is 11.9. The summed E-state index contributed by atoms with van der Waals surface area (Å²) < 4.78 is 0. The molecule has 0 unspecified atom stereocenters. The maximum Gasteiger partial charge on any atom is 0.222 e. The topological polar surface area (TPSA) is 41.1 Å². The van der Waals surface area contributed by atoms with Crippen LogP contribution in [0, 0.1) is 20.8 Å². The molecule has 3 heteroatoms. The summed E-state index contributed by atoms with van der Waals surface area (Å²) in [6.45, 7) is 7.44. The van der Waals surface area contributed by atoms with E-state index < -0.39 is 0 Å². The zero-order valence-corrected chi connectivity index (χ0v) is 13.6. The predicted molar refractivity (Wildman–Crippen MR) is 92.0 cm³/mol. The van der Waals surface area contributed by atoms with Crippen molar-refractivity contribution in [1.82, 2.24) is 5.32 Å². The highest BCUT2D eigenvalue weighted by Crippen LogP contribution is 2.19. The Morgan fingerprint density at radius 2 is 1.59 bits per heavy atom. The number of amides is 1. The number of carbonyl (C=O) groups is 1. The van der Waals surface area contributed by atoms with Crippen LogP contribution in [0.25, 0.3) is 0 Å². The van der Waals surface area contributed by atoms with Gasteiger partial charge in [0.25, 0.3) is 0 Å². The van der Waals surface area contributed by atoms with E-state index in [2.05, 4.69) is 55.7 Å². The van der Waals surface area contributed by atoms with Crippen LogP contribution in [0.4, 0.5) is 5.69 Å². The second kappa shape index (κ2) is 7.64. The maximum atomic E-state index is 11.9. The molecule has 0 aromatic heterocycles. The fraction of sp³-hybridized carbons (Fsp3) is 0.316. The summed E-state index contributed by atoms with van der Waals surface area (Å²) in [5.74, 6) is 0.0688. The van der Waals surface area contributed by atoms with Crippen LogP contribution in [0.5, 0.6) is 0 Å². The van der Waals surface area contributed by atoms with Gasteiger partial charge >= 0.3 is 0 Å². The van der Waals surface area contributed by atoms with Crippen LogP contribution in [0.1, 0.15) is 28.7 Å². The molecule has 1 amide bonds. The minimum atomic E-state index is 0.0688. The van der Waals surface area contributed by atoms with Crippen molar-refractivity contribution in [3.63, 3.8) is 0 Å². The van der Waals surface area contributed by atoms with Crippen LogP contribution < -0.4 is 10.6 Å². The van der Waals surface area contributed by atoms with Gasteiger partial charge in [0.05, 0.1) is 0 Å². The van der Waals surface area contributed by atoms with Crippen LogP contribution in [0.3, 0.4) is 0 Å². The summed E-state index contributed by atoms with van der Waals surface area (Å²) in [7, 11) is 0. The molecule has 0 fully saturated rings. The summed E-state index contributed by atoms with van der Waals surface area (Å²) in [5.41, 5.74) is 5.91. The Bertz CT molecular complexity index is 612. The van der Waals surface area contributed by atoms with Gasteiger partial charge < -0.3 is 10.6 Å². The average molecular weight is 296 g/mol. The summed E-state index contributed by atoms with van der Waals surface area (Å²) in [5, 5.41) is 6.31. The lowest BCUT2D eigenvalue weighted by Crippen LogP contribution is -2.25. The molecule has 0 spiro atoms. The van der Waals surface area contributed by atoms with Crippen molar-refractivity contribution in [2.45, 2.75) is 33.7 Å². The average Bonchev–Trinajstić information content (AvgIpc) is 2.50. The number of hydrogen-bond acceptors (Lipinski definition) is 2. The Hall–Kier alpha value is -2.29. The van der Waals surface area contributed by atoms with Crippen molar-refractivity contribution in [2.24, 2.45) is 0 Å². The number of benzene rings is 2. The first kappa shape index (κ1) is 16.1. The van der Waals surface area contributed by atoms with Gasteiger partial charge in [0.1, 0.15) is 0 Å². The van der Waals surface area contributed by atoms with Crippen LogP contribution in [0.2, 0.25) is 0 Å². The van der Waals surface area contributed by atoms with Crippen LogP contribution >= 0.6 is 0 Å². The number of hydrogen-bond donors (Lipinski definition) is 2. The molecule has 0 heterocycles. The van der Waals surface area contributed by atoms with Gasteiger partial charge in [0, 0.05) is 25.2 Å². The van der Waals surface area contributed by atoms with Crippen molar-refractivity contribution < 1.29 is 4.79 Å². The second-order valence-corrected chi connectivity index (χ2v) is 5.71. The monoisotopic (exact) mass is 296 g/mol. The van der Waals surface area contributed by atoms with Crippen molar-refractivity contribution >= 4 is 11.6 Å². The van der Waals surface area contributed by atoms with Gasteiger partial charge in [0.2, 0.25) is 5.91 Å². The smallest absolute Gasteiger partial charge is 0.222 e. The third kappa shape index (κ3) is 4.62. The van der Waals surface area contributed by atoms with Crippen molar-refractivity contribution in [3.8, 4) is 0 Å². The Labute approximate surface area is 132 Å². The van der Waals surface area contributed by atoms with E-state index in [0.717, 1.165) is 11.3 Å². The van der Waals surface area contributed by atoms with Crippen molar-refractivity contribution in [3.05, 3.63) is 64.7 Å². The molecule has 3 nitrogen and oxygen atoms in total. The Kier molecular flexibility index (Phi) is 5.59. The third-order valence-corrected chi connectivity index (χ3v) is 3.75. The van der Waals surface area contributed by atoms with Gasteiger partial charge in [-0.1, -0.05) is 48.0 Å². The molecule has 0 saturated carbocycles. The SMILES string of the molecule is Cc1ccc(CNC(=O)CCNc2c(C)cccc2C)cc1. The van der Waals surface area contributed by atoms with E-state index in [-0.39, 0.29) is 5.91 Å². The van der Waals surface area contributed by atoms with Gasteiger partial charge in [-0.25, -0.2) is 0 Å². The second-order valence-electron chi connectivity index (χ2n) is 5.71. The Morgan fingerprint density at radius 3 is 2.23 bits per heavy atom. The first-order valence-electron chi connectivity index (χ1n) is 7.68.